The highest BCUT2D eigenvalue weighted by molar-refractivity contribution is 5.90. The van der Waals surface area contributed by atoms with Gasteiger partial charge in [-0.2, -0.15) is 0 Å². The van der Waals surface area contributed by atoms with E-state index in [1.54, 1.807) is 0 Å². The van der Waals surface area contributed by atoms with Crippen LogP contribution in [0.15, 0.2) is 200 Å². The van der Waals surface area contributed by atoms with Crippen LogP contribution >= 0.6 is 0 Å². The zero-order valence-corrected chi connectivity index (χ0v) is 34.6. The third-order valence-corrected chi connectivity index (χ3v) is 12.7. The first-order chi connectivity index (χ1) is 28.0. The number of nitrogens with zero attached hydrogens (tertiary/aromatic N) is 1. The highest BCUT2D eigenvalue weighted by Crippen LogP contribution is 2.57. The van der Waals surface area contributed by atoms with E-state index < -0.39 is 5.41 Å². The van der Waals surface area contributed by atoms with Crippen molar-refractivity contribution in [3.8, 4) is 22.3 Å². The molecule has 0 unspecified atom stereocenters. The Morgan fingerprint density at radius 3 is 1.57 bits per heavy atom. The lowest BCUT2D eigenvalue weighted by molar-refractivity contribution is 0.590. The van der Waals surface area contributed by atoms with Gasteiger partial charge in [-0.25, -0.2) is 0 Å². The van der Waals surface area contributed by atoms with Gasteiger partial charge in [0, 0.05) is 22.5 Å². The lowest BCUT2D eigenvalue weighted by atomic mass is 9.67. The molecule has 7 aromatic rings. The zero-order chi connectivity index (χ0) is 40.2. The van der Waals surface area contributed by atoms with Gasteiger partial charge >= 0.3 is 0 Å². The van der Waals surface area contributed by atoms with Crippen molar-refractivity contribution < 1.29 is 0 Å². The molecule has 1 nitrogen and oxygen atoms in total. The number of allylic oxidation sites excluding steroid dienone is 4. The van der Waals surface area contributed by atoms with Crippen LogP contribution in [0.2, 0.25) is 0 Å². The quantitative estimate of drug-likeness (QED) is 0.140. The minimum Gasteiger partial charge on any atom is -0.311 e. The average Bonchev–Trinajstić information content (AvgIpc) is 3.67. The van der Waals surface area contributed by atoms with Crippen molar-refractivity contribution in [1.29, 1.82) is 0 Å². The molecule has 0 N–H and O–H groups in total. The lowest BCUT2D eigenvalue weighted by Crippen LogP contribution is -2.29. The molecule has 2 aliphatic carbocycles. The van der Waals surface area contributed by atoms with E-state index >= 15 is 0 Å². The summed E-state index contributed by atoms with van der Waals surface area (Å²) in [6, 6.07) is 63.1. The van der Waals surface area contributed by atoms with Gasteiger partial charge in [0.05, 0.1) is 5.41 Å². The summed E-state index contributed by atoms with van der Waals surface area (Å²) in [4.78, 5) is 2.41. The molecular weight excluding hydrogens is 699 g/mol. The Balaban J connectivity index is 1.26. The van der Waals surface area contributed by atoms with Gasteiger partial charge in [-0.1, -0.05) is 193 Å². The third kappa shape index (κ3) is 5.92. The van der Waals surface area contributed by atoms with Gasteiger partial charge in [-0.15, -0.1) is 0 Å². The van der Waals surface area contributed by atoms with E-state index in [0.29, 0.717) is 0 Å². The van der Waals surface area contributed by atoms with Gasteiger partial charge in [0.15, 0.2) is 0 Å². The maximum absolute atomic E-state index is 4.45. The maximum Gasteiger partial charge on any atom is 0.0714 e. The van der Waals surface area contributed by atoms with Crippen molar-refractivity contribution in [2.75, 3.05) is 4.90 Å². The molecule has 0 aromatic heterocycles. The van der Waals surface area contributed by atoms with E-state index in [0.717, 1.165) is 17.1 Å². The van der Waals surface area contributed by atoms with Crippen LogP contribution in [0.1, 0.15) is 86.1 Å². The number of rotatable bonds is 8. The first-order valence-corrected chi connectivity index (χ1v) is 20.6. The normalized spacial score (nSPS) is 14.9. The monoisotopic (exact) mass is 749 g/mol. The largest absolute Gasteiger partial charge is 0.311 e. The molecule has 0 aliphatic heterocycles. The van der Waals surface area contributed by atoms with E-state index in [2.05, 4.69) is 235 Å². The van der Waals surface area contributed by atoms with Crippen LogP contribution in [0.25, 0.3) is 27.8 Å². The highest BCUT2D eigenvalue weighted by Gasteiger charge is 2.46. The van der Waals surface area contributed by atoms with Crippen LogP contribution in [-0.4, -0.2) is 0 Å². The minimum absolute atomic E-state index is 0.105. The smallest absolute Gasteiger partial charge is 0.0714 e. The number of hydrogen-bond donors (Lipinski definition) is 0. The summed E-state index contributed by atoms with van der Waals surface area (Å²) in [5, 5.41) is 0. The topological polar surface area (TPSA) is 3.24 Å². The lowest BCUT2D eigenvalue weighted by Gasteiger charge is -2.35. The molecule has 0 saturated heterocycles. The van der Waals surface area contributed by atoms with Crippen LogP contribution in [0.5, 0.6) is 0 Å². The summed E-state index contributed by atoms with van der Waals surface area (Å²) in [7, 11) is 0. The van der Waals surface area contributed by atoms with E-state index in [1.165, 1.54) is 72.3 Å². The molecule has 0 radical (unpaired) electrons. The molecule has 0 amide bonds. The molecule has 0 spiro atoms. The van der Waals surface area contributed by atoms with Crippen molar-refractivity contribution >= 4 is 16.9 Å². The van der Waals surface area contributed by atoms with E-state index in [9.17, 15) is 0 Å². The molecule has 2 aliphatic rings. The van der Waals surface area contributed by atoms with E-state index in [1.807, 2.05) is 6.08 Å². The summed E-state index contributed by atoms with van der Waals surface area (Å²) >= 11 is 0. The van der Waals surface area contributed by atoms with Gasteiger partial charge in [0.2, 0.25) is 0 Å². The Bertz CT molecular complexity index is 2700. The number of anilines is 2. The minimum atomic E-state index is -0.508. The van der Waals surface area contributed by atoms with Crippen molar-refractivity contribution in [2.24, 2.45) is 0 Å². The van der Waals surface area contributed by atoms with E-state index in [-0.39, 0.29) is 10.8 Å². The zero-order valence-electron chi connectivity index (χ0n) is 34.6. The SMILES string of the molecule is C=C/C(=C\C=C(/C)c1ccc(C(C)(C)C)cc1)N(c1ccc2c(c1)C(C)(C)c1ccccc1-2)c1ccc2c(c1)C(c1ccccc1)(c1ccccc1)c1ccccc1-2. The summed E-state index contributed by atoms with van der Waals surface area (Å²) in [5.74, 6) is 0. The van der Waals surface area contributed by atoms with Crippen LogP contribution in [0.3, 0.4) is 0 Å². The number of hydrogen-bond acceptors (Lipinski definition) is 1. The van der Waals surface area contributed by atoms with Gasteiger partial charge in [-0.05, 0) is 121 Å². The Kier molecular flexibility index (Phi) is 9.09. The Morgan fingerprint density at radius 2 is 1.00 bits per heavy atom. The number of fused-ring (bicyclic) bond motifs is 6. The summed E-state index contributed by atoms with van der Waals surface area (Å²) < 4.78 is 0. The fourth-order valence-electron chi connectivity index (χ4n) is 9.62. The first kappa shape index (κ1) is 37.2. The van der Waals surface area contributed by atoms with Gasteiger partial charge in [-0.3, -0.25) is 0 Å². The molecule has 7 aromatic carbocycles. The second-order valence-corrected chi connectivity index (χ2v) is 17.5. The molecular formula is C57H51N. The Hall–Kier alpha value is -6.44. The summed E-state index contributed by atoms with van der Waals surface area (Å²) in [6.45, 7) is 18.1. The molecule has 0 bridgehead atoms. The fraction of sp³-hybridized carbons (Fsp3) is 0.158. The molecule has 9 rings (SSSR count). The highest BCUT2D eigenvalue weighted by atomic mass is 15.1. The summed E-state index contributed by atoms with van der Waals surface area (Å²) in [5.41, 5.74) is 19.3. The average molecular weight is 750 g/mol. The van der Waals surface area contributed by atoms with E-state index in [4.69, 9.17) is 0 Å². The Labute approximate surface area is 345 Å². The predicted octanol–water partition coefficient (Wildman–Crippen LogP) is 15.0. The maximum atomic E-state index is 4.45. The third-order valence-electron chi connectivity index (χ3n) is 12.7. The molecule has 58 heavy (non-hydrogen) atoms. The fourth-order valence-corrected chi connectivity index (χ4v) is 9.62. The van der Waals surface area contributed by atoms with Gasteiger partial charge in [0.25, 0.3) is 0 Å². The predicted molar refractivity (Wildman–Crippen MR) is 247 cm³/mol. The van der Waals surface area contributed by atoms with Crippen molar-refractivity contribution in [2.45, 2.75) is 57.8 Å². The summed E-state index contributed by atoms with van der Waals surface area (Å²) in [6.07, 6.45) is 6.48. The van der Waals surface area contributed by atoms with Crippen LogP contribution in [0.4, 0.5) is 11.4 Å². The van der Waals surface area contributed by atoms with Crippen molar-refractivity contribution in [3.05, 3.63) is 245 Å². The van der Waals surface area contributed by atoms with Crippen LogP contribution in [0, 0.1) is 0 Å². The molecule has 0 heterocycles. The second-order valence-electron chi connectivity index (χ2n) is 17.5. The molecule has 0 fully saturated rings. The standard InChI is InChI=1S/C57H51N/c1-8-44(32-27-39(2)40-28-30-41(31-29-40)55(3,4)5)58(45-33-35-49-47-23-15-17-25-51(47)56(6,7)53(49)37-45)46-34-36-50-48-24-16-18-26-52(48)57(54(50)38-46,42-19-11-9-12-20-42)43-21-13-10-14-22-43/h8-38H,1H2,2-7H3/b39-27+,44-32+. The van der Waals surface area contributed by atoms with Crippen molar-refractivity contribution in [1.82, 2.24) is 0 Å². The van der Waals surface area contributed by atoms with Crippen LogP contribution in [-0.2, 0) is 16.2 Å². The van der Waals surface area contributed by atoms with Gasteiger partial charge < -0.3 is 4.90 Å². The van der Waals surface area contributed by atoms with Crippen LogP contribution < -0.4 is 4.90 Å². The van der Waals surface area contributed by atoms with Gasteiger partial charge in [0.1, 0.15) is 0 Å². The molecule has 0 atom stereocenters. The van der Waals surface area contributed by atoms with Crippen molar-refractivity contribution in [3.63, 3.8) is 0 Å². The second kappa shape index (κ2) is 14.2. The molecule has 284 valence electrons. The number of benzene rings is 7. The molecule has 1 heteroatoms. The first-order valence-electron chi connectivity index (χ1n) is 20.6. The Morgan fingerprint density at radius 1 is 0.517 bits per heavy atom. The molecule has 0 saturated carbocycles.